The highest BCUT2D eigenvalue weighted by atomic mass is 79.9. The van der Waals surface area contributed by atoms with Crippen LogP contribution in [0.4, 0.5) is 8.78 Å². The van der Waals surface area contributed by atoms with E-state index in [1.165, 1.54) is 6.07 Å². The van der Waals surface area contributed by atoms with Crippen LogP contribution in [0.25, 0.3) is 0 Å². The van der Waals surface area contributed by atoms with Crippen LogP contribution in [0.15, 0.2) is 40.9 Å². The molecule has 0 spiro atoms. The summed E-state index contributed by atoms with van der Waals surface area (Å²) in [5, 5.41) is 3.05. The third kappa shape index (κ3) is 3.55. The van der Waals surface area contributed by atoms with Gasteiger partial charge in [0.15, 0.2) is 0 Å². The van der Waals surface area contributed by atoms with Gasteiger partial charge < -0.3 is 5.32 Å². The molecule has 0 bridgehead atoms. The monoisotopic (exact) mass is 359 g/mol. The third-order valence-electron chi connectivity index (χ3n) is 2.64. The van der Waals surface area contributed by atoms with Gasteiger partial charge in [0, 0.05) is 28.2 Å². The van der Waals surface area contributed by atoms with E-state index in [4.69, 9.17) is 11.6 Å². The van der Waals surface area contributed by atoms with Gasteiger partial charge >= 0.3 is 0 Å². The van der Waals surface area contributed by atoms with Crippen LogP contribution in [-0.2, 0) is 6.54 Å². The molecule has 0 radical (unpaired) electrons. The summed E-state index contributed by atoms with van der Waals surface area (Å²) >= 11 is 9.05. The molecule has 0 aliphatic carbocycles. The number of rotatable bonds is 3. The SMILES string of the molecule is O=C(NCc1ccc(F)cc1F)c1ccc(Cl)c(Br)c1. The number of hydrogen-bond donors (Lipinski definition) is 1. The van der Waals surface area contributed by atoms with Crippen molar-refractivity contribution >= 4 is 33.4 Å². The van der Waals surface area contributed by atoms with Gasteiger partial charge in [-0.15, -0.1) is 0 Å². The summed E-state index contributed by atoms with van der Waals surface area (Å²) in [5.41, 5.74) is 0.608. The Bertz CT molecular complexity index is 664. The minimum Gasteiger partial charge on any atom is -0.348 e. The van der Waals surface area contributed by atoms with Crippen LogP contribution in [0.1, 0.15) is 15.9 Å². The van der Waals surface area contributed by atoms with Crippen molar-refractivity contribution in [2.75, 3.05) is 0 Å². The Kier molecular flexibility index (Phi) is 4.73. The first-order valence-corrected chi connectivity index (χ1v) is 6.81. The van der Waals surface area contributed by atoms with E-state index < -0.39 is 11.6 Å². The van der Waals surface area contributed by atoms with E-state index in [1.807, 2.05) is 0 Å². The van der Waals surface area contributed by atoms with E-state index in [0.29, 0.717) is 15.1 Å². The van der Waals surface area contributed by atoms with Crippen LogP contribution in [0.3, 0.4) is 0 Å². The van der Waals surface area contributed by atoms with E-state index in [-0.39, 0.29) is 18.0 Å². The van der Waals surface area contributed by atoms with Crippen LogP contribution >= 0.6 is 27.5 Å². The molecule has 0 aromatic heterocycles. The van der Waals surface area contributed by atoms with Gasteiger partial charge in [-0.05, 0) is 40.2 Å². The quantitative estimate of drug-likeness (QED) is 0.868. The van der Waals surface area contributed by atoms with Gasteiger partial charge in [0.05, 0.1) is 5.02 Å². The standard InChI is InChI=1S/C14H9BrClF2NO/c15-11-5-8(2-4-12(11)16)14(20)19-7-9-1-3-10(17)6-13(9)18/h1-6H,7H2,(H,19,20). The lowest BCUT2D eigenvalue weighted by Crippen LogP contribution is -2.23. The van der Waals surface area contributed by atoms with Crippen LogP contribution in [0.2, 0.25) is 5.02 Å². The summed E-state index contributed by atoms with van der Waals surface area (Å²) in [6.45, 7) is -0.0226. The smallest absolute Gasteiger partial charge is 0.251 e. The number of halogens is 4. The molecule has 0 fully saturated rings. The van der Waals surface area contributed by atoms with Gasteiger partial charge in [-0.25, -0.2) is 8.78 Å². The molecule has 0 atom stereocenters. The number of hydrogen-bond acceptors (Lipinski definition) is 1. The normalized spacial score (nSPS) is 10.4. The third-order valence-corrected chi connectivity index (χ3v) is 3.85. The van der Waals surface area contributed by atoms with Gasteiger partial charge in [0.25, 0.3) is 5.91 Å². The lowest BCUT2D eigenvalue weighted by molar-refractivity contribution is 0.0950. The van der Waals surface area contributed by atoms with Gasteiger partial charge in [0.2, 0.25) is 0 Å². The summed E-state index contributed by atoms with van der Waals surface area (Å²) in [6, 6.07) is 7.92. The van der Waals surface area contributed by atoms with Crippen LogP contribution in [0.5, 0.6) is 0 Å². The van der Waals surface area contributed by atoms with Crippen molar-refractivity contribution in [2.45, 2.75) is 6.54 Å². The molecule has 2 nitrogen and oxygen atoms in total. The van der Waals surface area contributed by atoms with E-state index >= 15 is 0 Å². The molecular weight excluding hydrogens is 352 g/mol. The van der Waals surface area contributed by atoms with Crippen LogP contribution < -0.4 is 5.32 Å². The Hall–Kier alpha value is -1.46. The van der Waals surface area contributed by atoms with Crippen molar-refractivity contribution < 1.29 is 13.6 Å². The summed E-state index contributed by atoms with van der Waals surface area (Å²) in [5.74, 6) is -1.71. The highest BCUT2D eigenvalue weighted by Crippen LogP contribution is 2.23. The predicted octanol–water partition coefficient (Wildman–Crippen LogP) is 4.31. The van der Waals surface area contributed by atoms with Crippen molar-refractivity contribution in [1.29, 1.82) is 0 Å². The molecule has 0 heterocycles. The number of nitrogens with one attached hydrogen (secondary N) is 1. The zero-order valence-electron chi connectivity index (χ0n) is 10.1. The highest BCUT2D eigenvalue weighted by molar-refractivity contribution is 9.10. The molecular formula is C14H9BrClF2NO. The molecule has 0 saturated heterocycles. The zero-order chi connectivity index (χ0) is 14.7. The van der Waals surface area contributed by atoms with Crippen molar-refractivity contribution in [2.24, 2.45) is 0 Å². The summed E-state index contributed by atoms with van der Waals surface area (Å²) < 4.78 is 26.7. The first-order valence-electron chi connectivity index (χ1n) is 5.64. The number of carbonyl (C=O) groups is 1. The van der Waals surface area contributed by atoms with E-state index in [2.05, 4.69) is 21.2 Å². The molecule has 1 amide bonds. The Morgan fingerprint density at radius 3 is 2.60 bits per heavy atom. The summed E-state index contributed by atoms with van der Waals surface area (Å²) in [6.07, 6.45) is 0. The van der Waals surface area contributed by atoms with E-state index in [0.717, 1.165) is 12.1 Å². The topological polar surface area (TPSA) is 29.1 Å². The first kappa shape index (κ1) is 14.9. The molecule has 1 N–H and O–H groups in total. The lowest BCUT2D eigenvalue weighted by Gasteiger charge is -2.07. The molecule has 2 aromatic carbocycles. The van der Waals surface area contributed by atoms with E-state index in [9.17, 15) is 13.6 Å². The molecule has 104 valence electrons. The molecule has 0 aliphatic heterocycles. The second kappa shape index (κ2) is 6.33. The summed E-state index contributed by atoms with van der Waals surface area (Å²) in [7, 11) is 0. The molecule has 0 aliphatic rings. The fourth-order valence-electron chi connectivity index (χ4n) is 1.58. The minimum atomic E-state index is -0.692. The van der Waals surface area contributed by atoms with Crippen molar-refractivity contribution in [3.05, 3.63) is 68.7 Å². The molecule has 0 saturated carbocycles. The number of benzene rings is 2. The Labute approximate surface area is 127 Å². The van der Waals surface area contributed by atoms with Crippen LogP contribution in [-0.4, -0.2) is 5.91 Å². The second-order valence-corrected chi connectivity index (χ2v) is 5.31. The second-order valence-electron chi connectivity index (χ2n) is 4.05. The van der Waals surface area contributed by atoms with Crippen molar-refractivity contribution in [3.8, 4) is 0 Å². The highest BCUT2D eigenvalue weighted by Gasteiger charge is 2.09. The average Bonchev–Trinajstić information content (AvgIpc) is 2.40. The Morgan fingerprint density at radius 1 is 1.20 bits per heavy atom. The largest absolute Gasteiger partial charge is 0.348 e. The zero-order valence-corrected chi connectivity index (χ0v) is 12.4. The fourth-order valence-corrected chi connectivity index (χ4v) is 2.08. The summed E-state index contributed by atoms with van der Waals surface area (Å²) in [4.78, 5) is 11.9. The maximum atomic E-state index is 13.4. The predicted molar refractivity (Wildman–Crippen MR) is 76.7 cm³/mol. The fraction of sp³-hybridized carbons (Fsp3) is 0.0714. The molecule has 2 rings (SSSR count). The lowest BCUT2D eigenvalue weighted by atomic mass is 10.2. The van der Waals surface area contributed by atoms with Crippen LogP contribution in [0, 0.1) is 11.6 Å². The number of amides is 1. The van der Waals surface area contributed by atoms with Gasteiger partial charge in [-0.1, -0.05) is 17.7 Å². The molecule has 2 aromatic rings. The molecule has 20 heavy (non-hydrogen) atoms. The molecule has 6 heteroatoms. The van der Waals surface area contributed by atoms with Crippen molar-refractivity contribution in [1.82, 2.24) is 5.32 Å². The maximum absolute atomic E-state index is 13.4. The first-order chi connectivity index (χ1) is 9.47. The molecule has 0 unspecified atom stereocenters. The van der Waals surface area contributed by atoms with Crippen molar-refractivity contribution in [3.63, 3.8) is 0 Å². The average molecular weight is 361 g/mol. The number of carbonyl (C=O) groups excluding carboxylic acids is 1. The van der Waals surface area contributed by atoms with Gasteiger partial charge in [0.1, 0.15) is 11.6 Å². The van der Waals surface area contributed by atoms with Gasteiger partial charge in [-0.2, -0.15) is 0 Å². The maximum Gasteiger partial charge on any atom is 0.251 e. The Morgan fingerprint density at radius 2 is 1.95 bits per heavy atom. The van der Waals surface area contributed by atoms with E-state index in [1.54, 1.807) is 18.2 Å². The van der Waals surface area contributed by atoms with Gasteiger partial charge in [-0.3, -0.25) is 4.79 Å². The minimum absolute atomic E-state index is 0.0226. The Balaban J connectivity index is 2.06.